The minimum absolute atomic E-state index is 0.0140. The number of aromatic nitrogens is 2. The van der Waals surface area contributed by atoms with Crippen LogP contribution in [0, 0.1) is 0 Å². The zero-order valence-electron chi connectivity index (χ0n) is 8.30. The molecule has 0 radical (unpaired) electrons. The number of nitrogens with zero attached hydrogens (tertiary/aromatic N) is 1. The fraction of sp³-hybridized carbons (Fsp3) is 0.500. The predicted molar refractivity (Wildman–Crippen MR) is 62.2 cm³/mol. The summed E-state index contributed by atoms with van der Waals surface area (Å²) in [6.07, 6.45) is 1.17. The van der Waals surface area contributed by atoms with Gasteiger partial charge in [0.05, 0.1) is 5.56 Å². The Morgan fingerprint density at radius 1 is 1.44 bits per heavy atom. The molecule has 1 N–H and O–H groups in total. The molecular formula is C8H9Cl3N2O3. The van der Waals surface area contributed by atoms with Crippen molar-refractivity contribution in [2.75, 3.05) is 6.61 Å². The second-order valence-electron chi connectivity index (χ2n) is 2.89. The maximum Gasteiger partial charge on any atom is 0.330 e. The molecule has 8 heteroatoms. The zero-order chi connectivity index (χ0) is 12.3. The van der Waals surface area contributed by atoms with Gasteiger partial charge in [-0.1, -0.05) is 34.8 Å². The Balaban J connectivity index is 3.23. The van der Waals surface area contributed by atoms with Crippen molar-refractivity contribution in [3.8, 4) is 0 Å². The van der Waals surface area contributed by atoms with E-state index in [9.17, 15) is 9.59 Å². The molecule has 1 aromatic heterocycles. The molecular weight excluding hydrogens is 278 g/mol. The Morgan fingerprint density at radius 2 is 2.06 bits per heavy atom. The molecule has 0 aromatic carbocycles. The lowest BCUT2D eigenvalue weighted by atomic mass is 10.4. The lowest BCUT2D eigenvalue weighted by molar-refractivity contribution is 0.0841. The summed E-state index contributed by atoms with van der Waals surface area (Å²) >= 11 is 16.7. The van der Waals surface area contributed by atoms with E-state index in [-0.39, 0.29) is 12.3 Å². The highest BCUT2D eigenvalue weighted by Crippen LogP contribution is 2.35. The number of hydrogen-bond donors (Lipinski definition) is 1. The van der Waals surface area contributed by atoms with E-state index in [1.807, 2.05) is 4.98 Å². The Labute approximate surface area is 106 Å². The molecule has 16 heavy (non-hydrogen) atoms. The molecule has 0 atom stereocenters. The molecule has 0 saturated carbocycles. The SMILES string of the molecule is CCOCn1cc(C(Cl)(Cl)Cl)c(=O)[nH]c1=O. The fourth-order valence-electron chi connectivity index (χ4n) is 0.997. The zero-order valence-corrected chi connectivity index (χ0v) is 10.6. The van der Waals surface area contributed by atoms with Crippen LogP contribution in [-0.4, -0.2) is 16.2 Å². The van der Waals surface area contributed by atoms with Gasteiger partial charge in [0, 0.05) is 12.8 Å². The van der Waals surface area contributed by atoms with Crippen LogP contribution in [0.4, 0.5) is 0 Å². The molecule has 1 aromatic rings. The van der Waals surface area contributed by atoms with E-state index in [4.69, 9.17) is 39.5 Å². The summed E-state index contributed by atoms with van der Waals surface area (Å²) < 4.78 is 4.25. The number of H-pyrrole nitrogens is 1. The molecule has 0 unspecified atom stereocenters. The molecule has 0 saturated heterocycles. The molecule has 0 amide bonds. The summed E-state index contributed by atoms with van der Waals surface area (Å²) in [6, 6.07) is 0. The lowest BCUT2D eigenvalue weighted by Crippen LogP contribution is -2.34. The second-order valence-corrected chi connectivity index (χ2v) is 5.17. The number of halogens is 3. The number of alkyl halides is 3. The van der Waals surface area contributed by atoms with E-state index < -0.39 is 15.0 Å². The Morgan fingerprint density at radius 3 is 2.56 bits per heavy atom. The van der Waals surface area contributed by atoms with E-state index >= 15 is 0 Å². The molecule has 0 aliphatic carbocycles. The molecule has 0 fully saturated rings. The third kappa shape index (κ3) is 3.25. The number of rotatable bonds is 3. The van der Waals surface area contributed by atoms with E-state index in [2.05, 4.69) is 0 Å². The molecule has 0 aliphatic heterocycles. The molecule has 0 aliphatic rings. The molecule has 1 rings (SSSR count). The van der Waals surface area contributed by atoms with E-state index in [1.165, 1.54) is 6.20 Å². The first-order valence-corrected chi connectivity index (χ1v) is 5.48. The summed E-state index contributed by atoms with van der Waals surface area (Å²) in [5, 5.41) is 0. The normalized spacial score (nSPS) is 11.8. The summed E-state index contributed by atoms with van der Waals surface area (Å²) in [5.74, 6) is 0. The van der Waals surface area contributed by atoms with Crippen molar-refractivity contribution in [2.45, 2.75) is 17.4 Å². The number of ether oxygens (including phenoxy) is 1. The third-order valence-electron chi connectivity index (χ3n) is 1.75. The van der Waals surface area contributed by atoms with Crippen LogP contribution in [0.1, 0.15) is 12.5 Å². The van der Waals surface area contributed by atoms with Gasteiger partial charge in [-0.2, -0.15) is 0 Å². The average molecular weight is 288 g/mol. The highest BCUT2D eigenvalue weighted by atomic mass is 35.6. The Kier molecular flexibility index (Phi) is 4.43. The first-order chi connectivity index (χ1) is 7.36. The third-order valence-corrected chi connectivity index (χ3v) is 2.36. The van der Waals surface area contributed by atoms with Gasteiger partial charge in [-0.15, -0.1) is 0 Å². The van der Waals surface area contributed by atoms with Gasteiger partial charge in [0.1, 0.15) is 6.73 Å². The van der Waals surface area contributed by atoms with Crippen LogP contribution >= 0.6 is 34.8 Å². The van der Waals surface area contributed by atoms with Gasteiger partial charge in [-0.05, 0) is 6.92 Å². The van der Waals surface area contributed by atoms with Gasteiger partial charge in [0.2, 0.25) is 3.79 Å². The monoisotopic (exact) mass is 286 g/mol. The number of nitrogens with one attached hydrogen (secondary N) is 1. The van der Waals surface area contributed by atoms with Crippen molar-refractivity contribution in [3.63, 3.8) is 0 Å². The smallest absolute Gasteiger partial charge is 0.330 e. The highest BCUT2D eigenvalue weighted by molar-refractivity contribution is 6.66. The topological polar surface area (TPSA) is 64.1 Å². The van der Waals surface area contributed by atoms with Crippen LogP contribution in [0.5, 0.6) is 0 Å². The van der Waals surface area contributed by atoms with Crippen molar-refractivity contribution < 1.29 is 4.74 Å². The van der Waals surface area contributed by atoms with Gasteiger partial charge >= 0.3 is 5.69 Å². The Hall–Kier alpha value is -0.490. The maximum absolute atomic E-state index is 11.3. The van der Waals surface area contributed by atoms with Gasteiger partial charge < -0.3 is 4.74 Å². The standard InChI is InChI=1S/C8H9Cl3N2O3/c1-2-16-4-13-3-5(8(9,10)11)6(14)12-7(13)15/h3H,2,4H2,1H3,(H,12,14,15). The van der Waals surface area contributed by atoms with Crippen molar-refractivity contribution in [1.29, 1.82) is 0 Å². The van der Waals surface area contributed by atoms with Gasteiger partial charge in [-0.25, -0.2) is 4.79 Å². The van der Waals surface area contributed by atoms with Crippen LogP contribution < -0.4 is 11.2 Å². The summed E-state index contributed by atoms with van der Waals surface area (Å²) in [6.45, 7) is 2.18. The van der Waals surface area contributed by atoms with Gasteiger partial charge in [0.25, 0.3) is 5.56 Å². The van der Waals surface area contributed by atoms with Gasteiger partial charge in [0.15, 0.2) is 0 Å². The van der Waals surface area contributed by atoms with Gasteiger partial charge in [-0.3, -0.25) is 14.3 Å². The van der Waals surface area contributed by atoms with Crippen molar-refractivity contribution in [1.82, 2.24) is 9.55 Å². The van der Waals surface area contributed by atoms with Crippen LogP contribution in [0.15, 0.2) is 15.8 Å². The van der Waals surface area contributed by atoms with E-state index in [0.717, 1.165) is 4.57 Å². The average Bonchev–Trinajstić information content (AvgIpc) is 2.14. The number of hydrogen-bond acceptors (Lipinski definition) is 3. The first kappa shape index (κ1) is 13.6. The molecule has 5 nitrogen and oxygen atoms in total. The first-order valence-electron chi connectivity index (χ1n) is 4.35. The largest absolute Gasteiger partial charge is 0.361 e. The predicted octanol–water partition coefficient (Wildman–Crippen LogP) is 1.36. The lowest BCUT2D eigenvalue weighted by Gasteiger charge is -2.12. The minimum Gasteiger partial charge on any atom is -0.361 e. The van der Waals surface area contributed by atoms with Crippen molar-refractivity contribution in [2.24, 2.45) is 0 Å². The van der Waals surface area contributed by atoms with Crippen molar-refractivity contribution in [3.05, 3.63) is 32.6 Å². The summed E-state index contributed by atoms with van der Waals surface area (Å²) in [7, 11) is 0. The van der Waals surface area contributed by atoms with Crippen LogP contribution in [0.25, 0.3) is 0 Å². The molecule has 0 spiro atoms. The summed E-state index contributed by atoms with van der Waals surface area (Å²) in [4.78, 5) is 24.7. The number of aromatic amines is 1. The van der Waals surface area contributed by atoms with Crippen LogP contribution in [0.2, 0.25) is 0 Å². The minimum atomic E-state index is -1.88. The summed E-state index contributed by atoms with van der Waals surface area (Å²) in [5.41, 5.74) is -1.47. The fourth-order valence-corrected chi connectivity index (χ4v) is 1.40. The van der Waals surface area contributed by atoms with Crippen molar-refractivity contribution >= 4 is 34.8 Å². The second kappa shape index (κ2) is 5.23. The van der Waals surface area contributed by atoms with Crippen LogP contribution in [0.3, 0.4) is 0 Å². The molecule has 1 heterocycles. The van der Waals surface area contributed by atoms with E-state index in [0.29, 0.717) is 6.61 Å². The molecule has 0 bridgehead atoms. The molecule has 90 valence electrons. The van der Waals surface area contributed by atoms with Crippen LogP contribution in [-0.2, 0) is 15.3 Å². The maximum atomic E-state index is 11.3. The highest BCUT2D eigenvalue weighted by Gasteiger charge is 2.27. The Bertz CT molecular complexity index is 475. The quantitative estimate of drug-likeness (QED) is 0.854. The van der Waals surface area contributed by atoms with E-state index in [1.54, 1.807) is 6.92 Å².